The highest BCUT2D eigenvalue weighted by atomic mass is 16.4. The number of carboxylic acids is 1. The summed E-state index contributed by atoms with van der Waals surface area (Å²) < 4.78 is 5.31. The van der Waals surface area contributed by atoms with Crippen molar-refractivity contribution in [2.45, 2.75) is 38.3 Å². The molecule has 1 amide bonds. The summed E-state index contributed by atoms with van der Waals surface area (Å²) in [5, 5.41) is 9.24. The van der Waals surface area contributed by atoms with Crippen molar-refractivity contribution in [2.24, 2.45) is 5.73 Å². The topological polar surface area (TPSA) is 96.8 Å². The van der Waals surface area contributed by atoms with Crippen LogP contribution in [-0.4, -0.2) is 34.5 Å². The molecule has 1 fully saturated rings. The number of rotatable bonds is 3. The molecule has 0 spiro atoms. The third-order valence-electron chi connectivity index (χ3n) is 3.37. The van der Waals surface area contributed by atoms with Crippen LogP contribution < -0.4 is 5.73 Å². The van der Waals surface area contributed by atoms with E-state index in [1.807, 2.05) is 0 Å². The summed E-state index contributed by atoms with van der Waals surface area (Å²) >= 11 is 0. The third-order valence-corrected chi connectivity index (χ3v) is 3.37. The van der Waals surface area contributed by atoms with Gasteiger partial charge in [0.1, 0.15) is 11.8 Å². The molecular formula is C13H18N2O4. The number of carbonyl (C=O) groups excluding carboxylic acids is 1. The zero-order chi connectivity index (χ0) is 13.8. The lowest BCUT2D eigenvalue weighted by molar-refractivity contribution is -0.142. The van der Waals surface area contributed by atoms with Crippen molar-refractivity contribution in [3.8, 4) is 0 Å². The fourth-order valence-corrected chi connectivity index (χ4v) is 2.35. The normalized spacial score (nSPS) is 20.1. The first-order valence-corrected chi connectivity index (χ1v) is 6.46. The number of likely N-dealkylation sites (tertiary alicyclic amines) is 1. The molecule has 1 aromatic heterocycles. The van der Waals surface area contributed by atoms with Crippen molar-refractivity contribution in [3.63, 3.8) is 0 Å². The highest BCUT2D eigenvalue weighted by Crippen LogP contribution is 2.20. The van der Waals surface area contributed by atoms with Gasteiger partial charge in [-0.2, -0.15) is 0 Å². The summed E-state index contributed by atoms with van der Waals surface area (Å²) in [4.78, 5) is 25.0. The number of hydrogen-bond acceptors (Lipinski definition) is 4. The number of nitrogens with zero attached hydrogens (tertiary/aromatic N) is 1. The van der Waals surface area contributed by atoms with E-state index in [2.05, 4.69) is 0 Å². The summed E-state index contributed by atoms with van der Waals surface area (Å²) in [6.45, 7) is 0.671. The molecule has 19 heavy (non-hydrogen) atoms. The predicted octanol–water partition coefficient (Wildman–Crippen LogP) is 1.21. The van der Waals surface area contributed by atoms with E-state index in [0.717, 1.165) is 19.3 Å². The Morgan fingerprint density at radius 1 is 1.37 bits per heavy atom. The molecule has 1 aliphatic heterocycles. The van der Waals surface area contributed by atoms with Gasteiger partial charge in [0.25, 0.3) is 5.91 Å². The molecule has 2 heterocycles. The maximum atomic E-state index is 12.3. The first kappa shape index (κ1) is 13.6. The molecule has 6 nitrogen and oxygen atoms in total. The second-order valence-corrected chi connectivity index (χ2v) is 4.67. The van der Waals surface area contributed by atoms with E-state index in [-0.39, 0.29) is 18.2 Å². The number of carboxylic acid groups (broad SMARTS) is 1. The van der Waals surface area contributed by atoms with Crippen LogP contribution in [0.2, 0.25) is 0 Å². The van der Waals surface area contributed by atoms with E-state index in [4.69, 9.17) is 10.2 Å². The zero-order valence-electron chi connectivity index (χ0n) is 10.7. The molecular weight excluding hydrogens is 248 g/mol. The highest BCUT2D eigenvalue weighted by molar-refractivity contribution is 5.94. The molecule has 1 atom stereocenters. The van der Waals surface area contributed by atoms with Gasteiger partial charge < -0.3 is 20.2 Å². The Hall–Kier alpha value is -1.82. The van der Waals surface area contributed by atoms with Crippen molar-refractivity contribution >= 4 is 11.9 Å². The van der Waals surface area contributed by atoms with Gasteiger partial charge in [-0.3, -0.25) is 4.79 Å². The Balaban J connectivity index is 2.20. The monoisotopic (exact) mass is 266 g/mol. The number of nitrogens with two attached hydrogens (primary N) is 1. The van der Waals surface area contributed by atoms with Gasteiger partial charge in [-0.25, -0.2) is 4.79 Å². The molecule has 3 N–H and O–H groups in total. The van der Waals surface area contributed by atoms with Crippen molar-refractivity contribution in [2.75, 3.05) is 6.54 Å². The molecule has 0 aliphatic carbocycles. The van der Waals surface area contributed by atoms with Crippen LogP contribution in [0.1, 0.15) is 42.0 Å². The number of furan rings is 1. The fourth-order valence-electron chi connectivity index (χ4n) is 2.35. The van der Waals surface area contributed by atoms with E-state index in [9.17, 15) is 14.7 Å². The largest absolute Gasteiger partial charge is 0.480 e. The van der Waals surface area contributed by atoms with Crippen LogP contribution in [-0.2, 0) is 11.3 Å². The number of aliphatic carboxylic acids is 1. The third kappa shape index (κ3) is 2.96. The van der Waals surface area contributed by atoms with Crippen LogP contribution in [0.15, 0.2) is 16.5 Å². The Bertz CT molecular complexity index is 469. The number of hydrogen-bond donors (Lipinski definition) is 2. The number of carbonyl (C=O) groups is 2. The van der Waals surface area contributed by atoms with Gasteiger partial charge in [0.05, 0.1) is 6.54 Å². The maximum absolute atomic E-state index is 12.3. The smallest absolute Gasteiger partial charge is 0.326 e. The van der Waals surface area contributed by atoms with Crippen LogP contribution in [0.5, 0.6) is 0 Å². The Labute approximate surface area is 111 Å². The average molecular weight is 266 g/mol. The van der Waals surface area contributed by atoms with E-state index in [0.29, 0.717) is 18.7 Å². The van der Waals surface area contributed by atoms with Gasteiger partial charge >= 0.3 is 5.97 Å². The first-order chi connectivity index (χ1) is 9.13. The molecule has 104 valence electrons. The molecule has 2 rings (SSSR count). The second kappa shape index (κ2) is 5.88. The fraction of sp³-hybridized carbons (Fsp3) is 0.538. The molecule has 6 heteroatoms. The summed E-state index contributed by atoms with van der Waals surface area (Å²) in [5.41, 5.74) is 5.43. The van der Waals surface area contributed by atoms with Crippen LogP contribution in [0.25, 0.3) is 0 Å². The minimum absolute atomic E-state index is 0.161. The molecule has 1 aromatic rings. The zero-order valence-corrected chi connectivity index (χ0v) is 10.7. The Morgan fingerprint density at radius 2 is 2.16 bits per heavy atom. The van der Waals surface area contributed by atoms with E-state index < -0.39 is 12.0 Å². The lowest BCUT2D eigenvalue weighted by atomic mass is 10.1. The van der Waals surface area contributed by atoms with Gasteiger partial charge in [0.2, 0.25) is 0 Å². The maximum Gasteiger partial charge on any atom is 0.326 e. The van der Waals surface area contributed by atoms with Crippen LogP contribution >= 0.6 is 0 Å². The van der Waals surface area contributed by atoms with E-state index in [1.165, 1.54) is 4.90 Å². The minimum Gasteiger partial charge on any atom is -0.480 e. The van der Waals surface area contributed by atoms with Crippen molar-refractivity contribution in [1.29, 1.82) is 0 Å². The SMILES string of the molecule is NCc1ccc(C(=O)N2CCCCCC2C(=O)O)o1. The summed E-state index contributed by atoms with van der Waals surface area (Å²) in [5.74, 6) is -0.645. The molecule has 1 unspecified atom stereocenters. The van der Waals surface area contributed by atoms with Gasteiger partial charge in [-0.1, -0.05) is 12.8 Å². The molecule has 0 bridgehead atoms. The van der Waals surface area contributed by atoms with Crippen molar-refractivity contribution in [1.82, 2.24) is 4.90 Å². The van der Waals surface area contributed by atoms with Gasteiger partial charge in [0, 0.05) is 6.54 Å². The summed E-state index contributed by atoms with van der Waals surface area (Å²) in [6, 6.07) is 2.43. The van der Waals surface area contributed by atoms with Gasteiger partial charge in [0.15, 0.2) is 5.76 Å². The quantitative estimate of drug-likeness (QED) is 0.857. The average Bonchev–Trinajstić information content (AvgIpc) is 2.74. The summed E-state index contributed by atoms with van der Waals surface area (Å²) in [7, 11) is 0. The van der Waals surface area contributed by atoms with Crippen LogP contribution in [0.3, 0.4) is 0 Å². The van der Waals surface area contributed by atoms with Crippen molar-refractivity contribution < 1.29 is 19.1 Å². The Morgan fingerprint density at radius 3 is 2.79 bits per heavy atom. The first-order valence-electron chi connectivity index (χ1n) is 6.46. The highest BCUT2D eigenvalue weighted by Gasteiger charge is 2.32. The summed E-state index contributed by atoms with van der Waals surface area (Å²) in [6.07, 6.45) is 3.08. The molecule has 1 saturated heterocycles. The molecule has 0 aromatic carbocycles. The van der Waals surface area contributed by atoms with Gasteiger partial charge in [-0.05, 0) is 25.0 Å². The number of amides is 1. The lowest BCUT2D eigenvalue weighted by Crippen LogP contribution is -2.44. The second-order valence-electron chi connectivity index (χ2n) is 4.67. The standard InChI is InChI=1S/C13H18N2O4/c14-8-9-5-6-11(19-9)12(16)15-7-3-1-2-4-10(15)13(17)18/h5-6,10H,1-4,7-8,14H2,(H,17,18). The molecule has 1 aliphatic rings. The molecule has 0 saturated carbocycles. The lowest BCUT2D eigenvalue weighted by Gasteiger charge is -2.25. The van der Waals surface area contributed by atoms with E-state index in [1.54, 1.807) is 12.1 Å². The predicted molar refractivity (Wildman–Crippen MR) is 67.5 cm³/mol. The van der Waals surface area contributed by atoms with Crippen LogP contribution in [0, 0.1) is 0 Å². The molecule has 0 radical (unpaired) electrons. The Kier molecular flexibility index (Phi) is 4.21. The van der Waals surface area contributed by atoms with E-state index >= 15 is 0 Å². The van der Waals surface area contributed by atoms with Crippen molar-refractivity contribution in [3.05, 3.63) is 23.7 Å². The van der Waals surface area contributed by atoms with Gasteiger partial charge in [-0.15, -0.1) is 0 Å². The van der Waals surface area contributed by atoms with Crippen LogP contribution in [0.4, 0.5) is 0 Å². The minimum atomic E-state index is -0.958.